The first-order valence-electron chi connectivity index (χ1n) is 9.81. The first kappa shape index (κ1) is 20.2. The summed E-state index contributed by atoms with van der Waals surface area (Å²) in [7, 11) is 3.43. The van der Waals surface area contributed by atoms with E-state index in [-0.39, 0.29) is 6.10 Å². The molecule has 1 fully saturated rings. The lowest BCUT2D eigenvalue weighted by Gasteiger charge is -2.30. The van der Waals surface area contributed by atoms with E-state index >= 15 is 0 Å². The molecule has 1 heterocycles. The Balaban J connectivity index is 1.73. The van der Waals surface area contributed by atoms with E-state index in [1.54, 1.807) is 7.11 Å². The van der Waals surface area contributed by atoms with E-state index in [1.165, 1.54) is 19.3 Å². The van der Waals surface area contributed by atoms with E-state index in [0.29, 0.717) is 23.4 Å². The van der Waals surface area contributed by atoms with Crippen LogP contribution in [0.2, 0.25) is 0 Å². The van der Waals surface area contributed by atoms with Gasteiger partial charge in [0.2, 0.25) is 5.95 Å². The van der Waals surface area contributed by atoms with E-state index in [0.717, 1.165) is 23.6 Å². The Labute approximate surface area is 166 Å². The second kappa shape index (κ2) is 9.10. The van der Waals surface area contributed by atoms with Gasteiger partial charge >= 0.3 is 0 Å². The average molecular weight is 386 g/mol. The molecule has 0 spiro atoms. The van der Waals surface area contributed by atoms with Crippen molar-refractivity contribution in [2.45, 2.75) is 51.7 Å². The number of hydrogen-bond donors (Lipinski definition) is 3. The lowest BCUT2D eigenvalue weighted by Crippen LogP contribution is -2.32. The second-order valence-electron chi connectivity index (χ2n) is 7.38. The molecular weight excluding hydrogens is 356 g/mol. The highest BCUT2D eigenvalue weighted by Gasteiger charge is 2.25. The van der Waals surface area contributed by atoms with Crippen molar-refractivity contribution in [1.29, 1.82) is 0 Å². The number of nitrogens with zero attached hydrogens (tertiary/aromatic N) is 2. The van der Waals surface area contributed by atoms with Crippen molar-refractivity contribution in [3.05, 3.63) is 30.0 Å². The summed E-state index contributed by atoms with van der Waals surface area (Å²) in [6.45, 7) is 3.81. The van der Waals surface area contributed by atoms with Crippen molar-refractivity contribution in [2.24, 2.45) is 5.92 Å². The highest BCUT2D eigenvalue weighted by atomic mass is 16.5. The standard InChI is InChI=1S/C21H30N4O3/c1-13-10-20(22-3)25-21(23-13)24-16-8-9-18(27-4)19(12-16)28-14(2)17(26)11-15-6-5-7-15/h8-10,12,14-15,17,26H,5-7,11H2,1-4H3,(H2,22,23,24,25)/t14-,17+/m0/s1. The number of aryl methyl sites for hydroxylation is 1. The molecule has 28 heavy (non-hydrogen) atoms. The number of methoxy groups -OCH3 is 1. The van der Waals surface area contributed by atoms with Crippen molar-refractivity contribution in [1.82, 2.24) is 9.97 Å². The lowest BCUT2D eigenvalue weighted by atomic mass is 9.81. The Morgan fingerprint density at radius 2 is 2.00 bits per heavy atom. The first-order valence-corrected chi connectivity index (χ1v) is 9.81. The number of ether oxygens (including phenoxy) is 2. The minimum Gasteiger partial charge on any atom is -0.493 e. The molecule has 0 bridgehead atoms. The predicted octanol–water partition coefficient (Wildman–Crippen LogP) is 3.90. The summed E-state index contributed by atoms with van der Waals surface area (Å²) >= 11 is 0. The molecule has 1 saturated carbocycles. The number of aromatic nitrogens is 2. The zero-order valence-corrected chi connectivity index (χ0v) is 17.0. The van der Waals surface area contributed by atoms with E-state index in [4.69, 9.17) is 9.47 Å². The van der Waals surface area contributed by atoms with Gasteiger partial charge in [-0.3, -0.25) is 0 Å². The minimum atomic E-state index is -0.495. The summed E-state index contributed by atoms with van der Waals surface area (Å²) in [6, 6.07) is 7.43. The molecule has 0 saturated heterocycles. The number of nitrogens with one attached hydrogen (secondary N) is 2. The van der Waals surface area contributed by atoms with Gasteiger partial charge in [-0.2, -0.15) is 4.98 Å². The number of hydrogen-bond acceptors (Lipinski definition) is 7. The fourth-order valence-corrected chi connectivity index (χ4v) is 3.27. The van der Waals surface area contributed by atoms with Gasteiger partial charge in [0, 0.05) is 30.6 Å². The third kappa shape index (κ3) is 5.04. The van der Waals surface area contributed by atoms with Gasteiger partial charge < -0.3 is 25.2 Å². The Morgan fingerprint density at radius 1 is 1.21 bits per heavy atom. The Bertz CT molecular complexity index is 795. The third-order valence-corrected chi connectivity index (χ3v) is 5.18. The molecule has 0 aliphatic heterocycles. The fourth-order valence-electron chi connectivity index (χ4n) is 3.27. The Morgan fingerprint density at radius 3 is 2.64 bits per heavy atom. The minimum absolute atomic E-state index is 0.323. The molecular formula is C21H30N4O3. The molecule has 1 aromatic heterocycles. The van der Waals surface area contributed by atoms with Crippen molar-refractivity contribution >= 4 is 17.5 Å². The molecule has 2 aromatic rings. The van der Waals surface area contributed by atoms with Gasteiger partial charge in [0.05, 0.1) is 13.2 Å². The molecule has 1 aliphatic rings. The van der Waals surface area contributed by atoms with Crippen molar-refractivity contribution in [3.63, 3.8) is 0 Å². The predicted molar refractivity (Wildman–Crippen MR) is 111 cm³/mol. The summed E-state index contributed by atoms with van der Waals surface area (Å²) in [5, 5.41) is 16.7. The Kier molecular flexibility index (Phi) is 6.57. The average Bonchev–Trinajstić information content (AvgIpc) is 2.64. The maximum absolute atomic E-state index is 10.5. The van der Waals surface area contributed by atoms with Gasteiger partial charge in [-0.1, -0.05) is 19.3 Å². The van der Waals surface area contributed by atoms with Crippen LogP contribution in [-0.4, -0.2) is 41.4 Å². The van der Waals surface area contributed by atoms with Crippen LogP contribution in [0.4, 0.5) is 17.5 Å². The van der Waals surface area contributed by atoms with Gasteiger partial charge in [0.25, 0.3) is 0 Å². The number of aliphatic hydroxyl groups is 1. The molecule has 3 rings (SSSR count). The SMILES string of the molecule is CNc1cc(C)nc(Nc2ccc(OC)c(O[C@@H](C)[C@H](O)CC3CCC3)c2)n1. The van der Waals surface area contributed by atoms with Crippen LogP contribution in [0, 0.1) is 12.8 Å². The van der Waals surface area contributed by atoms with E-state index in [2.05, 4.69) is 20.6 Å². The van der Waals surface area contributed by atoms with Gasteiger partial charge in [0.15, 0.2) is 11.5 Å². The summed E-state index contributed by atoms with van der Waals surface area (Å²) < 4.78 is 11.5. The van der Waals surface area contributed by atoms with Crippen LogP contribution in [0.15, 0.2) is 24.3 Å². The molecule has 7 heteroatoms. The molecule has 0 radical (unpaired) electrons. The highest BCUT2D eigenvalue weighted by molar-refractivity contribution is 5.60. The van der Waals surface area contributed by atoms with Crippen LogP contribution in [0.3, 0.4) is 0 Å². The summed E-state index contributed by atoms with van der Waals surface area (Å²) in [4.78, 5) is 8.82. The second-order valence-corrected chi connectivity index (χ2v) is 7.38. The van der Waals surface area contributed by atoms with E-state index < -0.39 is 6.10 Å². The van der Waals surface area contributed by atoms with Gasteiger partial charge in [-0.25, -0.2) is 4.98 Å². The van der Waals surface area contributed by atoms with E-state index in [9.17, 15) is 5.11 Å². The topological polar surface area (TPSA) is 88.5 Å². The zero-order chi connectivity index (χ0) is 20.1. The number of aliphatic hydroxyl groups excluding tert-OH is 1. The molecule has 1 aliphatic carbocycles. The fraction of sp³-hybridized carbons (Fsp3) is 0.524. The van der Waals surface area contributed by atoms with Crippen LogP contribution < -0.4 is 20.1 Å². The molecule has 152 valence electrons. The van der Waals surface area contributed by atoms with Crippen molar-refractivity contribution in [2.75, 3.05) is 24.8 Å². The molecule has 2 atom stereocenters. The molecule has 0 unspecified atom stereocenters. The molecule has 1 aromatic carbocycles. The summed E-state index contributed by atoms with van der Waals surface area (Å²) in [5.74, 6) is 3.06. The van der Waals surface area contributed by atoms with Crippen molar-refractivity contribution in [3.8, 4) is 11.5 Å². The largest absolute Gasteiger partial charge is 0.493 e. The molecule has 0 amide bonds. The van der Waals surface area contributed by atoms with Crippen LogP contribution >= 0.6 is 0 Å². The third-order valence-electron chi connectivity index (χ3n) is 5.18. The number of benzene rings is 1. The highest BCUT2D eigenvalue weighted by Crippen LogP contribution is 2.34. The first-order chi connectivity index (χ1) is 13.5. The number of anilines is 3. The van der Waals surface area contributed by atoms with Crippen LogP contribution in [0.5, 0.6) is 11.5 Å². The summed E-state index contributed by atoms with van der Waals surface area (Å²) in [6.07, 6.45) is 3.64. The molecule has 3 N–H and O–H groups in total. The zero-order valence-electron chi connectivity index (χ0n) is 17.0. The van der Waals surface area contributed by atoms with Crippen molar-refractivity contribution < 1.29 is 14.6 Å². The number of rotatable bonds is 9. The normalized spacial score (nSPS) is 16.0. The lowest BCUT2D eigenvalue weighted by molar-refractivity contribution is 0.0200. The van der Waals surface area contributed by atoms with Gasteiger partial charge in [-0.15, -0.1) is 0 Å². The monoisotopic (exact) mass is 386 g/mol. The van der Waals surface area contributed by atoms with E-state index in [1.807, 2.05) is 45.2 Å². The maximum atomic E-state index is 10.5. The quantitative estimate of drug-likeness (QED) is 0.602. The maximum Gasteiger partial charge on any atom is 0.229 e. The van der Waals surface area contributed by atoms with Gasteiger partial charge in [0.1, 0.15) is 11.9 Å². The summed E-state index contributed by atoms with van der Waals surface area (Å²) in [5.41, 5.74) is 1.64. The van der Waals surface area contributed by atoms with Gasteiger partial charge in [-0.05, 0) is 38.3 Å². The van der Waals surface area contributed by atoms with Crippen LogP contribution in [0.1, 0.15) is 38.3 Å². The van der Waals surface area contributed by atoms with Crippen LogP contribution in [0.25, 0.3) is 0 Å². The Hall–Kier alpha value is -2.54. The van der Waals surface area contributed by atoms with Crippen LogP contribution in [-0.2, 0) is 0 Å². The smallest absolute Gasteiger partial charge is 0.229 e. The molecule has 7 nitrogen and oxygen atoms in total.